The molecule has 2 fully saturated rings. The van der Waals surface area contributed by atoms with Crippen LogP contribution in [0.15, 0.2) is 0 Å². The summed E-state index contributed by atoms with van der Waals surface area (Å²) >= 11 is 0. The SMILES string of the molecule is CC1(C)C(CNC(=O)CC2CS(=O)(=O)CCN2)C1(C)C. The highest BCUT2D eigenvalue weighted by Gasteiger charge is 2.64. The zero-order valence-corrected chi connectivity index (χ0v) is 13.6. The van der Waals surface area contributed by atoms with Crippen LogP contribution in [0, 0.1) is 16.7 Å². The van der Waals surface area contributed by atoms with Crippen LogP contribution >= 0.6 is 0 Å². The van der Waals surface area contributed by atoms with Crippen molar-refractivity contribution < 1.29 is 13.2 Å². The van der Waals surface area contributed by atoms with Crippen molar-refractivity contribution in [1.82, 2.24) is 10.6 Å². The van der Waals surface area contributed by atoms with E-state index in [0.29, 0.717) is 19.0 Å². The maximum atomic E-state index is 11.9. The number of nitrogens with one attached hydrogen (secondary N) is 2. The quantitative estimate of drug-likeness (QED) is 0.796. The van der Waals surface area contributed by atoms with Crippen LogP contribution in [0.3, 0.4) is 0 Å². The zero-order valence-electron chi connectivity index (χ0n) is 12.8. The molecule has 0 spiro atoms. The molecule has 1 atom stereocenters. The molecule has 116 valence electrons. The van der Waals surface area contributed by atoms with E-state index in [1.807, 2.05) is 0 Å². The smallest absolute Gasteiger partial charge is 0.221 e. The Balaban J connectivity index is 1.77. The number of rotatable bonds is 4. The second kappa shape index (κ2) is 4.98. The standard InChI is InChI=1S/C14H26N2O3S/c1-13(2)11(14(13,3)4)8-16-12(17)7-10-9-20(18,19)6-5-15-10/h10-11,15H,5-9H2,1-4H3,(H,16,17). The van der Waals surface area contributed by atoms with E-state index in [4.69, 9.17) is 0 Å². The summed E-state index contributed by atoms with van der Waals surface area (Å²) in [6, 6.07) is -0.242. The molecule has 0 aromatic rings. The second-order valence-electron chi connectivity index (χ2n) is 7.27. The largest absolute Gasteiger partial charge is 0.356 e. The van der Waals surface area contributed by atoms with Gasteiger partial charge in [0.25, 0.3) is 0 Å². The average Bonchev–Trinajstić information content (AvgIpc) is 2.65. The van der Waals surface area contributed by atoms with Gasteiger partial charge in [-0.15, -0.1) is 0 Å². The maximum Gasteiger partial charge on any atom is 0.221 e. The number of carbonyl (C=O) groups is 1. The molecule has 5 nitrogen and oxygen atoms in total. The minimum Gasteiger partial charge on any atom is -0.356 e. The summed E-state index contributed by atoms with van der Waals surface area (Å²) in [5.41, 5.74) is 0.513. The molecule has 1 heterocycles. The van der Waals surface area contributed by atoms with Gasteiger partial charge in [-0.25, -0.2) is 8.42 Å². The maximum absolute atomic E-state index is 11.9. The number of amides is 1. The van der Waals surface area contributed by atoms with Gasteiger partial charge in [0.1, 0.15) is 0 Å². The predicted octanol–water partition coefficient (Wildman–Crippen LogP) is 0.562. The lowest BCUT2D eigenvalue weighted by Gasteiger charge is -2.23. The van der Waals surface area contributed by atoms with Crippen LogP contribution in [-0.4, -0.2) is 45.0 Å². The lowest BCUT2D eigenvalue weighted by molar-refractivity contribution is -0.121. The van der Waals surface area contributed by atoms with E-state index < -0.39 is 9.84 Å². The van der Waals surface area contributed by atoms with Crippen LogP contribution in [0.25, 0.3) is 0 Å². The highest BCUT2D eigenvalue weighted by atomic mass is 32.2. The Morgan fingerprint density at radius 1 is 1.25 bits per heavy atom. The Morgan fingerprint density at radius 2 is 1.85 bits per heavy atom. The normalized spacial score (nSPS) is 30.7. The van der Waals surface area contributed by atoms with Gasteiger partial charge in [-0.2, -0.15) is 0 Å². The Morgan fingerprint density at radius 3 is 2.35 bits per heavy atom. The van der Waals surface area contributed by atoms with Gasteiger partial charge in [-0.1, -0.05) is 27.7 Å². The third-order valence-electron chi connectivity index (χ3n) is 5.56. The van der Waals surface area contributed by atoms with Crippen LogP contribution < -0.4 is 10.6 Å². The second-order valence-corrected chi connectivity index (χ2v) is 9.50. The third kappa shape index (κ3) is 3.01. The topological polar surface area (TPSA) is 75.3 Å². The highest BCUT2D eigenvalue weighted by Crippen LogP contribution is 2.67. The molecule has 0 bridgehead atoms. The molecule has 20 heavy (non-hydrogen) atoms. The fourth-order valence-corrected chi connectivity index (χ4v) is 4.80. The van der Waals surface area contributed by atoms with Crippen LogP contribution in [0.5, 0.6) is 0 Å². The lowest BCUT2D eigenvalue weighted by atomic mass is 10.0. The first-order valence-corrected chi connectivity index (χ1v) is 9.09. The molecule has 1 aliphatic heterocycles. The van der Waals surface area contributed by atoms with E-state index in [2.05, 4.69) is 38.3 Å². The van der Waals surface area contributed by atoms with Crippen molar-refractivity contribution in [2.75, 3.05) is 24.6 Å². The summed E-state index contributed by atoms with van der Waals surface area (Å²) in [5, 5.41) is 6.06. The molecule has 0 aromatic carbocycles. The van der Waals surface area contributed by atoms with E-state index in [1.54, 1.807) is 0 Å². The number of carbonyl (C=O) groups excluding carboxylic acids is 1. The predicted molar refractivity (Wildman–Crippen MR) is 79.1 cm³/mol. The number of sulfone groups is 1. The molecule has 1 aliphatic carbocycles. The van der Waals surface area contributed by atoms with Gasteiger partial charge in [0.05, 0.1) is 11.5 Å². The van der Waals surface area contributed by atoms with Gasteiger partial charge < -0.3 is 10.6 Å². The van der Waals surface area contributed by atoms with Crippen molar-refractivity contribution in [2.24, 2.45) is 16.7 Å². The molecule has 6 heteroatoms. The summed E-state index contributed by atoms with van der Waals surface area (Å²) in [4.78, 5) is 11.9. The first kappa shape index (κ1) is 15.8. The first-order chi connectivity index (χ1) is 9.06. The Kier molecular flexibility index (Phi) is 3.93. The summed E-state index contributed by atoms with van der Waals surface area (Å²) < 4.78 is 23.0. The molecular weight excluding hydrogens is 276 g/mol. The molecule has 1 amide bonds. The molecular formula is C14H26N2O3S. The van der Waals surface area contributed by atoms with Crippen LogP contribution in [0.4, 0.5) is 0 Å². The third-order valence-corrected chi connectivity index (χ3v) is 7.29. The van der Waals surface area contributed by atoms with Crippen molar-refractivity contribution in [3.63, 3.8) is 0 Å². The highest BCUT2D eigenvalue weighted by molar-refractivity contribution is 7.91. The molecule has 0 radical (unpaired) electrons. The molecule has 2 rings (SSSR count). The molecule has 2 aliphatic rings. The van der Waals surface area contributed by atoms with Crippen LogP contribution in [0.2, 0.25) is 0 Å². The summed E-state index contributed by atoms with van der Waals surface area (Å²) in [6.07, 6.45) is 0.243. The summed E-state index contributed by atoms with van der Waals surface area (Å²) in [6.45, 7) is 10.0. The first-order valence-electron chi connectivity index (χ1n) is 7.27. The van der Waals surface area contributed by atoms with E-state index in [1.165, 1.54) is 0 Å². The molecule has 1 saturated heterocycles. The Hall–Kier alpha value is -0.620. The van der Waals surface area contributed by atoms with E-state index in [9.17, 15) is 13.2 Å². The summed E-state index contributed by atoms with van der Waals surface area (Å²) in [7, 11) is -2.98. The minimum atomic E-state index is -2.98. The van der Waals surface area contributed by atoms with E-state index in [0.717, 1.165) is 0 Å². The minimum absolute atomic E-state index is 0.0573. The molecule has 2 N–H and O–H groups in total. The van der Waals surface area contributed by atoms with Gasteiger partial charge in [-0.05, 0) is 16.7 Å². The van der Waals surface area contributed by atoms with Gasteiger partial charge in [0, 0.05) is 25.6 Å². The van der Waals surface area contributed by atoms with Gasteiger partial charge in [0.2, 0.25) is 5.91 Å². The molecule has 1 saturated carbocycles. The lowest BCUT2D eigenvalue weighted by Crippen LogP contribution is -2.47. The van der Waals surface area contributed by atoms with Crippen molar-refractivity contribution in [3.05, 3.63) is 0 Å². The van der Waals surface area contributed by atoms with Crippen molar-refractivity contribution in [2.45, 2.75) is 40.2 Å². The summed E-state index contributed by atoms with van der Waals surface area (Å²) in [5.74, 6) is 0.677. The fourth-order valence-electron chi connectivity index (χ4n) is 3.35. The van der Waals surface area contributed by atoms with E-state index >= 15 is 0 Å². The van der Waals surface area contributed by atoms with Crippen molar-refractivity contribution in [1.29, 1.82) is 0 Å². The number of hydrogen-bond acceptors (Lipinski definition) is 4. The Labute approximate surface area is 121 Å². The van der Waals surface area contributed by atoms with Crippen molar-refractivity contribution in [3.8, 4) is 0 Å². The number of hydrogen-bond donors (Lipinski definition) is 2. The van der Waals surface area contributed by atoms with Crippen LogP contribution in [-0.2, 0) is 14.6 Å². The Bertz CT molecular complexity index is 483. The molecule has 0 aromatic heterocycles. The van der Waals surface area contributed by atoms with E-state index in [-0.39, 0.29) is 40.7 Å². The van der Waals surface area contributed by atoms with Crippen molar-refractivity contribution >= 4 is 15.7 Å². The monoisotopic (exact) mass is 302 g/mol. The van der Waals surface area contributed by atoms with Crippen LogP contribution in [0.1, 0.15) is 34.1 Å². The zero-order chi connectivity index (χ0) is 15.2. The molecule has 1 unspecified atom stereocenters. The van der Waals surface area contributed by atoms with Gasteiger partial charge in [0.15, 0.2) is 9.84 Å². The fraction of sp³-hybridized carbons (Fsp3) is 0.929. The van der Waals surface area contributed by atoms with Gasteiger partial charge in [-0.3, -0.25) is 4.79 Å². The van der Waals surface area contributed by atoms with Gasteiger partial charge >= 0.3 is 0 Å². The average molecular weight is 302 g/mol.